The molecule has 0 radical (unpaired) electrons. The lowest BCUT2D eigenvalue weighted by molar-refractivity contribution is 0.263. The number of likely N-dealkylation sites (tertiary alicyclic amines) is 1. The second-order valence-corrected chi connectivity index (χ2v) is 7.14. The lowest BCUT2D eigenvalue weighted by Crippen LogP contribution is -2.31. The molecule has 1 aliphatic heterocycles. The van der Waals surface area contributed by atoms with Crippen LogP contribution in [0.15, 0.2) is 12.1 Å². The molecule has 3 heteroatoms. The first-order chi connectivity index (χ1) is 8.56. The highest BCUT2D eigenvalue weighted by atomic mass is 32.1. The van der Waals surface area contributed by atoms with Crippen molar-refractivity contribution < 1.29 is 0 Å². The highest BCUT2D eigenvalue weighted by Gasteiger charge is 2.24. The van der Waals surface area contributed by atoms with Gasteiger partial charge in [0.2, 0.25) is 0 Å². The Kier molecular flexibility index (Phi) is 4.82. The van der Waals surface area contributed by atoms with Gasteiger partial charge in [-0.05, 0) is 65.3 Å². The highest BCUT2D eigenvalue weighted by molar-refractivity contribution is 7.12. The summed E-state index contributed by atoms with van der Waals surface area (Å²) in [5.41, 5.74) is 0. The summed E-state index contributed by atoms with van der Waals surface area (Å²) < 4.78 is 0. The smallest absolute Gasteiger partial charge is 0.0386 e. The second kappa shape index (κ2) is 6.18. The molecule has 1 aromatic rings. The van der Waals surface area contributed by atoms with E-state index in [-0.39, 0.29) is 0 Å². The van der Waals surface area contributed by atoms with Crippen LogP contribution in [0.4, 0.5) is 0 Å². The minimum Gasteiger partial charge on any atom is -0.309 e. The fourth-order valence-corrected chi connectivity index (χ4v) is 3.53. The predicted molar refractivity (Wildman–Crippen MR) is 80.3 cm³/mol. The number of rotatable bonds is 5. The first-order valence-corrected chi connectivity index (χ1v) is 7.91. The van der Waals surface area contributed by atoms with Gasteiger partial charge in [0.1, 0.15) is 0 Å². The van der Waals surface area contributed by atoms with Crippen LogP contribution in [0.1, 0.15) is 43.0 Å². The minimum atomic E-state index is 0.497. The molecular weight excluding hydrogens is 240 g/mol. The molecule has 0 spiro atoms. The molecule has 1 aromatic heterocycles. The second-order valence-electron chi connectivity index (χ2n) is 5.82. The molecule has 1 aliphatic rings. The highest BCUT2D eigenvalue weighted by Crippen LogP contribution is 2.23. The topological polar surface area (TPSA) is 15.3 Å². The van der Waals surface area contributed by atoms with E-state index >= 15 is 0 Å². The molecule has 1 saturated heterocycles. The van der Waals surface area contributed by atoms with E-state index in [0.717, 1.165) is 12.5 Å². The van der Waals surface area contributed by atoms with Crippen molar-refractivity contribution >= 4 is 11.3 Å². The Morgan fingerprint density at radius 3 is 2.72 bits per heavy atom. The van der Waals surface area contributed by atoms with E-state index in [1.807, 2.05) is 11.3 Å². The molecule has 0 bridgehead atoms. The van der Waals surface area contributed by atoms with Gasteiger partial charge in [0.05, 0.1) is 0 Å². The number of hydrogen-bond donors (Lipinski definition) is 1. The molecule has 1 fully saturated rings. The van der Waals surface area contributed by atoms with E-state index in [4.69, 9.17) is 0 Å². The van der Waals surface area contributed by atoms with Gasteiger partial charge < -0.3 is 10.2 Å². The molecule has 18 heavy (non-hydrogen) atoms. The maximum atomic E-state index is 3.70. The Morgan fingerprint density at radius 2 is 2.17 bits per heavy atom. The number of nitrogens with one attached hydrogen (secondary N) is 1. The van der Waals surface area contributed by atoms with Crippen molar-refractivity contribution in [3.8, 4) is 0 Å². The quantitative estimate of drug-likeness (QED) is 0.878. The van der Waals surface area contributed by atoms with Crippen molar-refractivity contribution in [1.29, 1.82) is 0 Å². The van der Waals surface area contributed by atoms with Crippen molar-refractivity contribution in [3.63, 3.8) is 0 Å². The van der Waals surface area contributed by atoms with Gasteiger partial charge in [0.25, 0.3) is 0 Å². The van der Waals surface area contributed by atoms with Gasteiger partial charge in [-0.3, -0.25) is 0 Å². The lowest BCUT2D eigenvalue weighted by Gasteiger charge is -2.21. The largest absolute Gasteiger partial charge is 0.309 e. The van der Waals surface area contributed by atoms with Crippen LogP contribution >= 0.6 is 11.3 Å². The number of aryl methyl sites for hydroxylation is 1. The van der Waals surface area contributed by atoms with Crippen molar-refractivity contribution in [3.05, 3.63) is 21.9 Å². The summed E-state index contributed by atoms with van der Waals surface area (Å²) in [7, 11) is 0. The zero-order chi connectivity index (χ0) is 13.1. The van der Waals surface area contributed by atoms with Crippen molar-refractivity contribution in [2.75, 3.05) is 19.6 Å². The Hall–Kier alpha value is -0.380. The van der Waals surface area contributed by atoms with Crippen molar-refractivity contribution in [2.24, 2.45) is 5.92 Å². The standard InChI is InChI=1S/C15H26N2S/c1-11(2)17-8-7-14(10-17)9-16-13(4)15-6-5-12(3)18-15/h5-6,11,13-14,16H,7-10H2,1-4H3. The van der Waals surface area contributed by atoms with Crippen LogP contribution in [-0.4, -0.2) is 30.6 Å². The zero-order valence-electron chi connectivity index (χ0n) is 12.1. The van der Waals surface area contributed by atoms with Crippen molar-refractivity contribution in [2.45, 2.75) is 46.2 Å². The van der Waals surface area contributed by atoms with E-state index in [1.165, 1.54) is 29.3 Å². The third kappa shape index (κ3) is 3.56. The fourth-order valence-electron chi connectivity index (χ4n) is 2.63. The van der Waals surface area contributed by atoms with E-state index in [1.54, 1.807) is 0 Å². The van der Waals surface area contributed by atoms with Gasteiger partial charge in [-0.15, -0.1) is 11.3 Å². The van der Waals surface area contributed by atoms with Crippen LogP contribution in [0.2, 0.25) is 0 Å². The van der Waals surface area contributed by atoms with Gasteiger partial charge >= 0.3 is 0 Å². The summed E-state index contributed by atoms with van der Waals surface area (Å²) in [6, 6.07) is 5.67. The van der Waals surface area contributed by atoms with E-state index < -0.39 is 0 Å². The fraction of sp³-hybridized carbons (Fsp3) is 0.733. The van der Waals surface area contributed by atoms with Crippen molar-refractivity contribution in [1.82, 2.24) is 10.2 Å². The SMILES string of the molecule is Cc1ccc(C(C)NCC2CCN(C(C)C)C2)s1. The van der Waals surface area contributed by atoms with Crippen LogP contribution in [0.3, 0.4) is 0 Å². The summed E-state index contributed by atoms with van der Waals surface area (Å²) in [5.74, 6) is 0.830. The molecule has 1 N–H and O–H groups in total. The first kappa shape index (κ1) is 14.0. The first-order valence-electron chi connectivity index (χ1n) is 7.10. The Morgan fingerprint density at radius 1 is 1.39 bits per heavy atom. The molecular formula is C15H26N2S. The molecule has 0 amide bonds. The summed E-state index contributed by atoms with van der Waals surface area (Å²) in [5, 5.41) is 3.70. The molecule has 102 valence electrons. The third-order valence-electron chi connectivity index (χ3n) is 3.95. The molecule has 0 aromatic carbocycles. The van der Waals surface area contributed by atoms with Crippen LogP contribution in [0.25, 0.3) is 0 Å². The average molecular weight is 266 g/mol. The minimum absolute atomic E-state index is 0.497. The van der Waals surface area contributed by atoms with Crippen LogP contribution in [-0.2, 0) is 0 Å². The Labute approximate surface area is 115 Å². The number of nitrogens with zero attached hydrogens (tertiary/aromatic N) is 1. The average Bonchev–Trinajstić information content (AvgIpc) is 2.94. The molecule has 2 unspecified atom stereocenters. The van der Waals surface area contributed by atoms with E-state index in [9.17, 15) is 0 Å². The summed E-state index contributed by atoms with van der Waals surface area (Å²) in [6.07, 6.45) is 1.35. The molecule has 2 heterocycles. The molecule has 2 nitrogen and oxygen atoms in total. The molecule has 2 atom stereocenters. The maximum absolute atomic E-state index is 3.70. The molecule has 2 rings (SSSR count). The van der Waals surface area contributed by atoms with Gasteiger partial charge in [-0.2, -0.15) is 0 Å². The maximum Gasteiger partial charge on any atom is 0.0386 e. The van der Waals surface area contributed by atoms with Crippen LogP contribution in [0, 0.1) is 12.8 Å². The van der Waals surface area contributed by atoms with Gasteiger partial charge in [-0.25, -0.2) is 0 Å². The van der Waals surface area contributed by atoms with Gasteiger partial charge in [0.15, 0.2) is 0 Å². The van der Waals surface area contributed by atoms with Crippen LogP contribution in [0.5, 0.6) is 0 Å². The van der Waals surface area contributed by atoms with E-state index in [2.05, 4.69) is 50.0 Å². The Balaban J connectivity index is 1.75. The van der Waals surface area contributed by atoms with Gasteiger partial charge in [-0.1, -0.05) is 0 Å². The van der Waals surface area contributed by atoms with Gasteiger partial charge in [0, 0.05) is 28.4 Å². The zero-order valence-corrected chi connectivity index (χ0v) is 12.9. The number of hydrogen-bond acceptors (Lipinski definition) is 3. The lowest BCUT2D eigenvalue weighted by atomic mass is 10.1. The summed E-state index contributed by atoms with van der Waals surface area (Å²) in [6.45, 7) is 12.7. The number of thiophene rings is 1. The van der Waals surface area contributed by atoms with E-state index in [0.29, 0.717) is 12.1 Å². The predicted octanol–water partition coefficient (Wildman–Crippen LogP) is 3.44. The molecule has 0 aliphatic carbocycles. The summed E-state index contributed by atoms with van der Waals surface area (Å²) in [4.78, 5) is 5.46. The third-order valence-corrected chi connectivity index (χ3v) is 5.13. The molecule has 0 saturated carbocycles. The summed E-state index contributed by atoms with van der Waals surface area (Å²) >= 11 is 1.91. The Bertz CT molecular complexity index is 372. The monoisotopic (exact) mass is 266 g/mol. The normalized spacial score (nSPS) is 22.8. The van der Waals surface area contributed by atoms with Crippen LogP contribution < -0.4 is 5.32 Å².